The zero-order valence-corrected chi connectivity index (χ0v) is 17.1. The average Bonchev–Trinajstić information content (AvgIpc) is 3.09. The molecule has 7 heteroatoms. The lowest BCUT2D eigenvalue weighted by Crippen LogP contribution is -2.35. The molecule has 3 rings (SSSR count). The van der Waals surface area contributed by atoms with Gasteiger partial charge in [-0.3, -0.25) is 4.79 Å². The van der Waals surface area contributed by atoms with E-state index in [1.807, 2.05) is 30.5 Å². The molecule has 0 aromatic heterocycles. The van der Waals surface area contributed by atoms with Crippen LogP contribution in [0.2, 0.25) is 5.02 Å². The van der Waals surface area contributed by atoms with Gasteiger partial charge in [-0.15, -0.1) is 0 Å². The molecule has 0 fully saturated rings. The Morgan fingerprint density at radius 1 is 1.30 bits per heavy atom. The molecule has 0 saturated heterocycles. The van der Waals surface area contributed by atoms with E-state index >= 15 is 0 Å². The molecule has 144 valence electrons. The van der Waals surface area contributed by atoms with E-state index in [2.05, 4.69) is 11.4 Å². The Morgan fingerprint density at radius 3 is 2.81 bits per heavy atom. The van der Waals surface area contributed by atoms with Crippen LogP contribution in [0.5, 0.6) is 17.2 Å². The van der Waals surface area contributed by atoms with E-state index in [9.17, 15) is 4.79 Å². The second-order valence-corrected chi connectivity index (χ2v) is 7.47. The highest BCUT2D eigenvalue weighted by molar-refractivity contribution is 7.99. The van der Waals surface area contributed by atoms with E-state index in [-0.39, 0.29) is 12.0 Å². The number of rotatable bonds is 7. The van der Waals surface area contributed by atoms with Gasteiger partial charge in [0, 0.05) is 17.5 Å². The van der Waals surface area contributed by atoms with Crippen LogP contribution in [-0.2, 0) is 11.2 Å². The van der Waals surface area contributed by atoms with Crippen LogP contribution in [0, 0.1) is 0 Å². The monoisotopic (exact) mass is 407 g/mol. The number of amides is 1. The number of nitrogens with one attached hydrogen (secondary N) is 1. The molecular formula is C20H22ClNO4S. The van der Waals surface area contributed by atoms with Gasteiger partial charge in [0.15, 0.2) is 0 Å². The van der Waals surface area contributed by atoms with Crippen LogP contribution in [0.4, 0.5) is 0 Å². The summed E-state index contributed by atoms with van der Waals surface area (Å²) in [5.41, 5.74) is 2.86. The molecule has 0 unspecified atom stereocenters. The first-order chi connectivity index (χ1) is 13.0. The van der Waals surface area contributed by atoms with E-state index in [1.54, 1.807) is 14.2 Å². The lowest BCUT2D eigenvalue weighted by atomic mass is 9.99. The van der Waals surface area contributed by atoms with E-state index in [4.69, 9.17) is 25.8 Å². The molecule has 2 aromatic carbocycles. The zero-order valence-electron chi connectivity index (χ0n) is 15.5. The molecule has 1 amide bonds. The van der Waals surface area contributed by atoms with E-state index in [0.717, 1.165) is 28.2 Å². The summed E-state index contributed by atoms with van der Waals surface area (Å²) in [6, 6.07) is 9.57. The summed E-state index contributed by atoms with van der Waals surface area (Å²) in [7, 11) is 3.27. The van der Waals surface area contributed by atoms with Crippen molar-refractivity contribution in [3.8, 4) is 28.4 Å². The minimum atomic E-state index is -0.120. The number of methoxy groups -OCH3 is 2. The maximum Gasteiger partial charge on any atom is 0.230 e. The molecule has 0 bridgehead atoms. The highest BCUT2D eigenvalue weighted by Crippen LogP contribution is 2.42. The first-order valence-corrected chi connectivity index (χ1v) is 10.3. The fraction of sp³-hybridized carbons (Fsp3) is 0.350. The fourth-order valence-electron chi connectivity index (χ4n) is 3.11. The molecule has 5 nitrogen and oxygen atoms in total. The quantitative estimate of drug-likeness (QED) is 0.756. The molecule has 2 aromatic rings. The molecule has 0 radical (unpaired) electrons. The summed E-state index contributed by atoms with van der Waals surface area (Å²) in [6.45, 7) is 0.461. The third kappa shape index (κ3) is 4.45. The second-order valence-electron chi connectivity index (χ2n) is 6.19. The molecule has 1 N–H and O–H groups in total. The normalized spacial score (nSPS) is 15.0. The van der Waals surface area contributed by atoms with Crippen molar-refractivity contribution in [2.45, 2.75) is 12.5 Å². The maximum absolute atomic E-state index is 11.7. The molecule has 1 atom stereocenters. The Hall–Kier alpha value is -2.05. The van der Waals surface area contributed by atoms with E-state index in [1.165, 1.54) is 11.8 Å². The van der Waals surface area contributed by atoms with Crippen molar-refractivity contribution in [2.24, 2.45) is 0 Å². The highest BCUT2D eigenvalue weighted by atomic mass is 35.5. The number of carbonyl (C=O) groups excluding carboxylic acids is 1. The van der Waals surface area contributed by atoms with Gasteiger partial charge >= 0.3 is 0 Å². The van der Waals surface area contributed by atoms with Crippen LogP contribution in [0.3, 0.4) is 0 Å². The number of fused-ring (bicyclic) bond motifs is 1. The fourth-order valence-corrected chi connectivity index (χ4v) is 3.75. The Bertz CT molecular complexity index is 843. The second kappa shape index (κ2) is 8.76. The van der Waals surface area contributed by atoms with E-state index in [0.29, 0.717) is 29.5 Å². The van der Waals surface area contributed by atoms with Crippen molar-refractivity contribution in [1.82, 2.24) is 5.32 Å². The number of hydrogen-bond acceptors (Lipinski definition) is 5. The predicted molar refractivity (Wildman–Crippen MR) is 110 cm³/mol. The third-order valence-corrected chi connectivity index (χ3v) is 5.20. The van der Waals surface area contributed by atoms with Gasteiger partial charge < -0.3 is 19.5 Å². The van der Waals surface area contributed by atoms with Crippen LogP contribution >= 0.6 is 23.4 Å². The molecule has 27 heavy (non-hydrogen) atoms. The zero-order chi connectivity index (χ0) is 19.4. The highest BCUT2D eigenvalue weighted by Gasteiger charge is 2.27. The Kier molecular flexibility index (Phi) is 6.39. The lowest BCUT2D eigenvalue weighted by Gasteiger charge is -2.13. The Morgan fingerprint density at radius 2 is 2.11 bits per heavy atom. The van der Waals surface area contributed by atoms with Gasteiger partial charge in [-0.05, 0) is 42.2 Å². The summed E-state index contributed by atoms with van der Waals surface area (Å²) in [4.78, 5) is 11.7. The first-order valence-electron chi connectivity index (χ1n) is 8.52. The van der Waals surface area contributed by atoms with Gasteiger partial charge in [-0.1, -0.05) is 11.6 Å². The van der Waals surface area contributed by atoms with Crippen LogP contribution in [0.25, 0.3) is 11.1 Å². The average molecular weight is 408 g/mol. The number of thioether (sulfide) groups is 1. The van der Waals surface area contributed by atoms with Crippen molar-refractivity contribution < 1.29 is 19.0 Å². The van der Waals surface area contributed by atoms with Crippen molar-refractivity contribution in [2.75, 3.05) is 32.8 Å². The summed E-state index contributed by atoms with van der Waals surface area (Å²) < 4.78 is 16.8. The minimum Gasteiger partial charge on any atom is -0.497 e. The Balaban J connectivity index is 1.83. The summed E-state index contributed by atoms with van der Waals surface area (Å²) >= 11 is 7.98. The largest absolute Gasteiger partial charge is 0.497 e. The molecule has 1 aliphatic heterocycles. The van der Waals surface area contributed by atoms with Crippen LogP contribution in [0.15, 0.2) is 30.3 Å². The number of benzene rings is 2. The van der Waals surface area contributed by atoms with Gasteiger partial charge in [-0.2, -0.15) is 11.8 Å². The van der Waals surface area contributed by atoms with Crippen molar-refractivity contribution in [3.63, 3.8) is 0 Å². The molecule has 0 saturated carbocycles. The SMILES string of the molecule is COc1ccc(OC)c(-c2cc(Cl)c3c(c2)C[C@@H](CNC(=O)CSC)O3)c1. The molecule has 1 aliphatic rings. The van der Waals surface area contributed by atoms with Gasteiger partial charge in [-0.25, -0.2) is 0 Å². The summed E-state index contributed by atoms with van der Waals surface area (Å²) in [6.07, 6.45) is 2.47. The molecule has 0 aliphatic carbocycles. The van der Waals surface area contributed by atoms with Crippen molar-refractivity contribution in [3.05, 3.63) is 40.9 Å². The maximum atomic E-state index is 11.7. The van der Waals surface area contributed by atoms with Crippen molar-refractivity contribution >= 4 is 29.3 Å². The lowest BCUT2D eigenvalue weighted by molar-refractivity contribution is -0.118. The van der Waals surface area contributed by atoms with Crippen LogP contribution in [0.1, 0.15) is 5.56 Å². The smallest absolute Gasteiger partial charge is 0.230 e. The standard InChI is InChI=1S/C20H22ClNO4S/c1-24-14-4-5-18(25-2)16(9-14)12-6-13-7-15(10-22-19(23)11-27-3)26-20(13)17(21)8-12/h4-6,8-9,15H,7,10-11H2,1-3H3,(H,22,23)/t15-/m0/s1. The molecule has 1 heterocycles. The van der Waals surface area contributed by atoms with Crippen LogP contribution < -0.4 is 19.5 Å². The van der Waals surface area contributed by atoms with Gasteiger partial charge in [0.2, 0.25) is 5.91 Å². The third-order valence-electron chi connectivity index (χ3n) is 4.37. The number of hydrogen-bond donors (Lipinski definition) is 1. The topological polar surface area (TPSA) is 56.8 Å². The Labute approximate surface area is 168 Å². The van der Waals surface area contributed by atoms with Gasteiger partial charge in [0.25, 0.3) is 0 Å². The predicted octanol–water partition coefficient (Wildman–Crippen LogP) is 3.81. The number of ether oxygens (including phenoxy) is 3. The summed E-state index contributed by atoms with van der Waals surface area (Å²) in [5, 5.41) is 3.44. The van der Waals surface area contributed by atoms with Crippen molar-refractivity contribution in [1.29, 1.82) is 0 Å². The minimum absolute atomic E-state index is 0.00922. The van der Waals surface area contributed by atoms with E-state index < -0.39 is 0 Å². The first kappa shape index (κ1) is 19.7. The van der Waals surface area contributed by atoms with Crippen LogP contribution in [-0.4, -0.2) is 44.8 Å². The number of halogens is 1. The molecule has 0 spiro atoms. The van der Waals surface area contributed by atoms with Gasteiger partial charge in [0.05, 0.1) is 31.5 Å². The summed E-state index contributed by atoms with van der Waals surface area (Å²) in [5.74, 6) is 2.63. The molecular weight excluding hydrogens is 386 g/mol. The number of carbonyl (C=O) groups is 1. The van der Waals surface area contributed by atoms with Gasteiger partial charge in [0.1, 0.15) is 23.4 Å².